The number of hydrogen-bond donors (Lipinski definition) is 1. The molecule has 2 nitrogen and oxygen atoms in total. The minimum atomic E-state index is -0.762. The summed E-state index contributed by atoms with van der Waals surface area (Å²) in [5.74, 6) is -1.47. The Kier molecular flexibility index (Phi) is 4.42. The molecule has 0 atom stereocenters. The molecule has 0 saturated carbocycles. The van der Waals surface area contributed by atoms with Crippen LogP contribution in [0.3, 0.4) is 0 Å². The Bertz CT molecular complexity index is 597. The van der Waals surface area contributed by atoms with Crippen molar-refractivity contribution in [2.45, 2.75) is 6.61 Å². The van der Waals surface area contributed by atoms with Gasteiger partial charge in [0.2, 0.25) is 0 Å². The molecule has 6 heteroatoms. The lowest BCUT2D eigenvalue weighted by molar-refractivity contribution is 0.288. The first-order valence-electron chi connectivity index (χ1n) is 5.28. The molecule has 100 valence electrons. The average Bonchev–Trinajstić information content (AvgIpc) is 2.30. The molecule has 0 spiro atoms. The third kappa shape index (κ3) is 3.45. The normalized spacial score (nSPS) is 10.5. The summed E-state index contributed by atoms with van der Waals surface area (Å²) in [7, 11) is 0. The highest BCUT2D eigenvalue weighted by atomic mass is 79.9. The van der Waals surface area contributed by atoms with Gasteiger partial charge in [-0.2, -0.15) is 0 Å². The van der Waals surface area contributed by atoms with Crippen LogP contribution in [0.2, 0.25) is 0 Å². The number of halogens is 4. The van der Waals surface area contributed by atoms with Gasteiger partial charge >= 0.3 is 0 Å². The van der Waals surface area contributed by atoms with Crippen molar-refractivity contribution < 1.29 is 13.5 Å². The van der Waals surface area contributed by atoms with Crippen LogP contribution in [-0.2, 0) is 6.61 Å². The fraction of sp³-hybridized carbons (Fsp3) is 0.0769. The molecule has 2 aromatic rings. The second kappa shape index (κ2) is 5.88. The largest absolute Gasteiger partial charge is 0.485 e. The van der Waals surface area contributed by atoms with Gasteiger partial charge in [0.15, 0.2) is 11.6 Å². The lowest BCUT2D eigenvalue weighted by Gasteiger charge is -2.11. The molecule has 0 saturated heterocycles. The van der Waals surface area contributed by atoms with Crippen molar-refractivity contribution in [1.82, 2.24) is 0 Å². The fourth-order valence-corrected chi connectivity index (χ4v) is 2.42. The molecule has 0 aromatic heterocycles. The van der Waals surface area contributed by atoms with Crippen LogP contribution in [0, 0.1) is 11.6 Å². The third-order valence-electron chi connectivity index (χ3n) is 2.44. The highest BCUT2D eigenvalue weighted by molar-refractivity contribution is 9.10. The first kappa shape index (κ1) is 14.3. The minimum Gasteiger partial charge on any atom is -0.485 e. The van der Waals surface area contributed by atoms with Gasteiger partial charge < -0.3 is 10.5 Å². The molecular formula is C13H9Br2F2NO. The van der Waals surface area contributed by atoms with Crippen molar-refractivity contribution in [2.24, 2.45) is 0 Å². The van der Waals surface area contributed by atoms with Crippen LogP contribution >= 0.6 is 31.9 Å². The molecule has 0 aliphatic rings. The lowest BCUT2D eigenvalue weighted by Crippen LogP contribution is -2.02. The number of anilines is 1. The number of hydrogen-bond acceptors (Lipinski definition) is 2. The van der Waals surface area contributed by atoms with Crippen LogP contribution in [0.4, 0.5) is 14.5 Å². The highest BCUT2D eigenvalue weighted by Crippen LogP contribution is 2.30. The second-order valence-corrected chi connectivity index (χ2v) is 5.60. The van der Waals surface area contributed by atoms with Crippen molar-refractivity contribution in [1.29, 1.82) is 0 Å². The monoisotopic (exact) mass is 391 g/mol. The first-order valence-corrected chi connectivity index (χ1v) is 6.87. The molecular weight excluding hydrogens is 384 g/mol. The Hall–Kier alpha value is -1.14. The Balaban J connectivity index is 2.19. The number of rotatable bonds is 3. The molecule has 0 bridgehead atoms. The zero-order valence-corrected chi connectivity index (χ0v) is 12.8. The molecule has 0 unspecified atom stereocenters. The molecule has 19 heavy (non-hydrogen) atoms. The molecule has 2 rings (SSSR count). The predicted molar refractivity (Wildman–Crippen MR) is 76.9 cm³/mol. The van der Waals surface area contributed by atoms with E-state index < -0.39 is 11.6 Å². The SMILES string of the molecule is Nc1cc(Br)ccc1COc1c(F)cc(F)cc1Br. The van der Waals surface area contributed by atoms with E-state index >= 15 is 0 Å². The topological polar surface area (TPSA) is 35.2 Å². The summed E-state index contributed by atoms with van der Waals surface area (Å²) in [5.41, 5.74) is 7.07. The van der Waals surface area contributed by atoms with Crippen molar-refractivity contribution in [2.75, 3.05) is 5.73 Å². The predicted octanol–water partition coefficient (Wildman–Crippen LogP) is 4.65. The van der Waals surface area contributed by atoms with Crippen LogP contribution < -0.4 is 10.5 Å². The number of ether oxygens (including phenoxy) is 1. The van der Waals surface area contributed by atoms with E-state index in [9.17, 15) is 8.78 Å². The molecule has 2 N–H and O–H groups in total. The summed E-state index contributed by atoms with van der Waals surface area (Å²) in [6.07, 6.45) is 0. The van der Waals surface area contributed by atoms with Gasteiger partial charge in [-0.3, -0.25) is 0 Å². The Morgan fingerprint density at radius 2 is 1.84 bits per heavy atom. The zero-order valence-electron chi connectivity index (χ0n) is 9.59. The van der Waals surface area contributed by atoms with E-state index in [0.29, 0.717) is 5.69 Å². The molecule has 0 heterocycles. The Labute approximate surface area is 125 Å². The Morgan fingerprint density at radius 3 is 2.47 bits per heavy atom. The zero-order chi connectivity index (χ0) is 14.0. The number of nitrogen functional groups attached to an aromatic ring is 1. The highest BCUT2D eigenvalue weighted by Gasteiger charge is 2.11. The van der Waals surface area contributed by atoms with E-state index in [4.69, 9.17) is 10.5 Å². The van der Waals surface area contributed by atoms with Gasteiger partial charge in [-0.25, -0.2) is 8.78 Å². The number of benzene rings is 2. The third-order valence-corrected chi connectivity index (χ3v) is 3.53. The summed E-state index contributed by atoms with van der Waals surface area (Å²) in [4.78, 5) is 0. The van der Waals surface area contributed by atoms with Crippen LogP contribution in [-0.4, -0.2) is 0 Å². The average molecular weight is 393 g/mol. The van der Waals surface area contributed by atoms with Gasteiger partial charge in [0.1, 0.15) is 12.4 Å². The van der Waals surface area contributed by atoms with Crippen LogP contribution in [0.25, 0.3) is 0 Å². The summed E-state index contributed by atoms with van der Waals surface area (Å²) in [5, 5.41) is 0. The van der Waals surface area contributed by atoms with E-state index in [0.717, 1.165) is 22.2 Å². The van der Waals surface area contributed by atoms with Gasteiger partial charge in [0.05, 0.1) is 4.47 Å². The van der Waals surface area contributed by atoms with Gasteiger partial charge in [-0.05, 0) is 34.1 Å². The first-order chi connectivity index (χ1) is 8.97. The summed E-state index contributed by atoms with van der Waals surface area (Å²) >= 11 is 6.35. The van der Waals surface area contributed by atoms with Gasteiger partial charge in [-0.1, -0.05) is 22.0 Å². The van der Waals surface area contributed by atoms with Crippen LogP contribution in [0.1, 0.15) is 5.56 Å². The van der Waals surface area contributed by atoms with Gasteiger partial charge in [0.25, 0.3) is 0 Å². The standard InChI is InChI=1S/C13H9Br2F2NO/c14-8-2-1-7(12(18)3-8)6-19-13-10(15)4-9(16)5-11(13)17/h1-5H,6,18H2. The number of nitrogens with two attached hydrogens (primary N) is 1. The summed E-state index contributed by atoms with van der Waals surface area (Å²) < 4.78 is 32.9. The minimum absolute atomic E-state index is 0.0382. The maximum atomic E-state index is 13.5. The van der Waals surface area contributed by atoms with Crippen LogP contribution in [0.5, 0.6) is 5.75 Å². The quantitative estimate of drug-likeness (QED) is 0.771. The summed E-state index contributed by atoms with van der Waals surface area (Å²) in [6.45, 7) is 0.0975. The van der Waals surface area contributed by atoms with Crippen molar-refractivity contribution >= 4 is 37.5 Å². The van der Waals surface area contributed by atoms with Crippen molar-refractivity contribution in [3.8, 4) is 5.75 Å². The maximum Gasteiger partial charge on any atom is 0.169 e. The molecule has 0 aliphatic heterocycles. The molecule has 0 amide bonds. The molecule has 2 aromatic carbocycles. The van der Waals surface area contributed by atoms with Gasteiger partial charge in [0, 0.05) is 21.8 Å². The van der Waals surface area contributed by atoms with E-state index in [2.05, 4.69) is 31.9 Å². The van der Waals surface area contributed by atoms with Crippen molar-refractivity contribution in [3.63, 3.8) is 0 Å². The van der Waals surface area contributed by atoms with E-state index in [-0.39, 0.29) is 16.8 Å². The van der Waals surface area contributed by atoms with E-state index in [1.165, 1.54) is 0 Å². The van der Waals surface area contributed by atoms with Gasteiger partial charge in [-0.15, -0.1) is 0 Å². The Morgan fingerprint density at radius 1 is 1.11 bits per heavy atom. The molecule has 0 aliphatic carbocycles. The lowest BCUT2D eigenvalue weighted by atomic mass is 10.2. The smallest absolute Gasteiger partial charge is 0.169 e. The maximum absolute atomic E-state index is 13.5. The van der Waals surface area contributed by atoms with Crippen LogP contribution in [0.15, 0.2) is 39.3 Å². The van der Waals surface area contributed by atoms with E-state index in [1.807, 2.05) is 6.07 Å². The summed E-state index contributed by atoms with van der Waals surface area (Å²) in [6, 6.07) is 7.23. The molecule has 0 radical (unpaired) electrons. The second-order valence-electron chi connectivity index (χ2n) is 3.83. The molecule has 0 fully saturated rings. The van der Waals surface area contributed by atoms with Crippen molar-refractivity contribution in [3.05, 3.63) is 56.5 Å². The van der Waals surface area contributed by atoms with E-state index in [1.54, 1.807) is 12.1 Å². The fourth-order valence-electron chi connectivity index (χ4n) is 1.51.